The molecule has 2 aromatic heterocycles. The van der Waals surface area contributed by atoms with Gasteiger partial charge >= 0.3 is 0 Å². The standard InChI is InChI=1S/C30H26N4/c31-29-19-24-13-7-8-14-28(24)34(29)25-17-15-22(16-18-25)27-20-26(21-9-3-1-4-10-21)32-30(33-27)23-11-5-2-6-12-23/h1-6,9-12,15-20H,7-8,13-14,31H2. The molecule has 0 aliphatic heterocycles. The molecule has 4 nitrogen and oxygen atoms in total. The largest absolute Gasteiger partial charge is 0.385 e. The zero-order chi connectivity index (χ0) is 22.9. The average Bonchev–Trinajstić information content (AvgIpc) is 3.25. The summed E-state index contributed by atoms with van der Waals surface area (Å²) < 4.78 is 2.21. The summed E-state index contributed by atoms with van der Waals surface area (Å²) in [7, 11) is 0. The first-order valence-corrected chi connectivity index (χ1v) is 11.9. The van der Waals surface area contributed by atoms with Gasteiger partial charge in [-0.25, -0.2) is 9.97 Å². The first-order valence-electron chi connectivity index (χ1n) is 11.9. The number of fused-ring (bicyclic) bond motifs is 1. The Morgan fingerprint density at radius 2 is 1.21 bits per heavy atom. The fourth-order valence-corrected chi connectivity index (χ4v) is 4.88. The van der Waals surface area contributed by atoms with E-state index >= 15 is 0 Å². The Morgan fingerprint density at radius 1 is 0.618 bits per heavy atom. The number of anilines is 1. The van der Waals surface area contributed by atoms with Gasteiger partial charge in [-0.3, -0.25) is 0 Å². The molecule has 4 heteroatoms. The monoisotopic (exact) mass is 442 g/mol. The van der Waals surface area contributed by atoms with E-state index in [4.69, 9.17) is 15.7 Å². The average molecular weight is 443 g/mol. The summed E-state index contributed by atoms with van der Waals surface area (Å²) in [5.74, 6) is 1.55. The van der Waals surface area contributed by atoms with E-state index in [1.54, 1.807) is 0 Å². The van der Waals surface area contributed by atoms with Crippen LogP contribution in [0.15, 0.2) is 97.1 Å². The lowest BCUT2D eigenvalue weighted by Gasteiger charge is -2.16. The molecule has 0 saturated heterocycles. The third-order valence-corrected chi connectivity index (χ3v) is 6.58. The van der Waals surface area contributed by atoms with Crippen LogP contribution >= 0.6 is 0 Å². The maximum absolute atomic E-state index is 6.41. The second-order valence-electron chi connectivity index (χ2n) is 8.82. The van der Waals surface area contributed by atoms with Gasteiger partial charge in [0.05, 0.1) is 11.4 Å². The van der Waals surface area contributed by atoms with E-state index in [9.17, 15) is 0 Å². The van der Waals surface area contributed by atoms with Crippen molar-refractivity contribution in [2.75, 3.05) is 5.73 Å². The summed E-state index contributed by atoms with van der Waals surface area (Å²) in [6.45, 7) is 0. The number of aromatic nitrogens is 3. The van der Waals surface area contributed by atoms with Crippen molar-refractivity contribution >= 4 is 5.82 Å². The predicted molar refractivity (Wildman–Crippen MR) is 139 cm³/mol. The van der Waals surface area contributed by atoms with Crippen LogP contribution in [0.2, 0.25) is 0 Å². The van der Waals surface area contributed by atoms with Gasteiger partial charge in [0.2, 0.25) is 0 Å². The van der Waals surface area contributed by atoms with Crippen molar-refractivity contribution in [2.24, 2.45) is 0 Å². The number of aryl methyl sites for hydroxylation is 1. The van der Waals surface area contributed by atoms with Gasteiger partial charge in [-0.15, -0.1) is 0 Å². The van der Waals surface area contributed by atoms with Gasteiger partial charge in [-0.2, -0.15) is 0 Å². The summed E-state index contributed by atoms with van der Waals surface area (Å²) in [6, 6.07) is 33.2. The molecule has 0 radical (unpaired) electrons. The van der Waals surface area contributed by atoms with Crippen molar-refractivity contribution < 1.29 is 0 Å². The number of nitrogen functional groups attached to an aromatic ring is 1. The lowest BCUT2D eigenvalue weighted by molar-refractivity contribution is 0.664. The molecule has 1 aliphatic carbocycles. The molecule has 0 unspecified atom stereocenters. The molecule has 0 saturated carbocycles. The van der Waals surface area contributed by atoms with Crippen molar-refractivity contribution in [3.05, 3.63) is 108 Å². The second kappa shape index (κ2) is 8.64. The van der Waals surface area contributed by atoms with Crippen molar-refractivity contribution in [1.82, 2.24) is 14.5 Å². The van der Waals surface area contributed by atoms with Crippen LogP contribution in [0.25, 0.3) is 39.6 Å². The Labute approximate surface area is 199 Å². The van der Waals surface area contributed by atoms with Crippen LogP contribution in [0.3, 0.4) is 0 Å². The highest BCUT2D eigenvalue weighted by Gasteiger charge is 2.18. The Hall–Kier alpha value is -4.18. The van der Waals surface area contributed by atoms with E-state index in [1.165, 1.54) is 24.1 Å². The number of benzene rings is 3. The first-order chi connectivity index (χ1) is 16.8. The molecule has 0 bridgehead atoms. The number of hydrogen-bond donors (Lipinski definition) is 1. The second-order valence-corrected chi connectivity index (χ2v) is 8.82. The summed E-state index contributed by atoms with van der Waals surface area (Å²) in [4.78, 5) is 9.82. The topological polar surface area (TPSA) is 56.7 Å². The molecule has 2 heterocycles. The Balaban J connectivity index is 1.43. The van der Waals surface area contributed by atoms with Gasteiger partial charge in [0, 0.05) is 28.1 Å². The Bertz CT molecular complexity index is 1380. The smallest absolute Gasteiger partial charge is 0.160 e. The maximum Gasteiger partial charge on any atom is 0.160 e. The van der Waals surface area contributed by atoms with Crippen LogP contribution in [0.4, 0.5) is 5.82 Å². The fraction of sp³-hybridized carbons (Fsp3) is 0.133. The van der Waals surface area contributed by atoms with E-state index in [1.807, 2.05) is 36.4 Å². The number of nitrogens with zero attached hydrogens (tertiary/aromatic N) is 3. The van der Waals surface area contributed by atoms with Crippen molar-refractivity contribution in [3.8, 4) is 39.6 Å². The quantitative estimate of drug-likeness (QED) is 0.336. The van der Waals surface area contributed by atoms with Crippen LogP contribution < -0.4 is 5.73 Å². The van der Waals surface area contributed by atoms with Crippen LogP contribution in [0.5, 0.6) is 0 Å². The maximum atomic E-state index is 6.41. The van der Waals surface area contributed by atoms with Gasteiger partial charge in [-0.05, 0) is 55.5 Å². The first kappa shape index (κ1) is 20.4. The highest BCUT2D eigenvalue weighted by atomic mass is 15.1. The predicted octanol–water partition coefficient (Wildman–Crippen LogP) is 6.73. The molecular weight excluding hydrogens is 416 g/mol. The summed E-state index contributed by atoms with van der Waals surface area (Å²) in [6.07, 6.45) is 4.67. The van der Waals surface area contributed by atoms with E-state index in [0.29, 0.717) is 0 Å². The normalized spacial score (nSPS) is 12.9. The molecule has 0 spiro atoms. The van der Waals surface area contributed by atoms with E-state index in [2.05, 4.69) is 65.2 Å². The van der Waals surface area contributed by atoms with Crippen molar-refractivity contribution in [3.63, 3.8) is 0 Å². The molecule has 6 rings (SSSR count). The summed E-state index contributed by atoms with van der Waals surface area (Å²) in [5.41, 5.74) is 15.2. The fourth-order valence-electron chi connectivity index (χ4n) is 4.88. The highest BCUT2D eigenvalue weighted by Crippen LogP contribution is 2.32. The molecule has 3 aromatic carbocycles. The summed E-state index contributed by atoms with van der Waals surface area (Å²) in [5, 5.41) is 0. The van der Waals surface area contributed by atoms with Gasteiger partial charge in [0.25, 0.3) is 0 Å². The minimum absolute atomic E-state index is 0.727. The van der Waals surface area contributed by atoms with Crippen molar-refractivity contribution in [2.45, 2.75) is 25.7 Å². The number of rotatable bonds is 4. The van der Waals surface area contributed by atoms with E-state index in [0.717, 1.165) is 58.2 Å². The minimum Gasteiger partial charge on any atom is -0.385 e. The molecular formula is C30H26N4. The molecule has 166 valence electrons. The molecule has 34 heavy (non-hydrogen) atoms. The minimum atomic E-state index is 0.727. The highest BCUT2D eigenvalue weighted by molar-refractivity contribution is 5.72. The molecule has 1 aliphatic rings. The Kier molecular flexibility index (Phi) is 5.19. The lowest BCUT2D eigenvalue weighted by Crippen LogP contribution is -2.08. The third-order valence-electron chi connectivity index (χ3n) is 6.58. The van der Waals surface area contributed by atoms with E-state index in [-0.39, 0.29) is 0 Å². The molecule has 0 fully saturated rings. The summed E-state index contributed by atoms with van der Waals surface area (Å²) >= 11 is 0. The molecule has 2 N–H and O–H groups in total. The van der Waals surface area contributed by atoms with Crippen LogP contribution in [-0.4, -0.2) is 14.5 Å². The number of hydrogen-bond acceptors (Lipinski definition) is 3. The van der Waals surface area contributed by atoms with Crippen molar-refractivity contribution in [1.29, 1.82) is 0 Å². The zero-order valence-corrected chi connectivity index (χ0v) is 19.0. The zero-order valence-electron chi connectivity index (χ0n) is 19.0. The lowest BCUT2D eigenvalue weighted by atomic mass is 9.98. The van der Waals surface area contributed by atoms with E-state index < -0.39 is 0 Å². The van der Waals surface area contributed by atoms with Gasteiger partial charge in [-0.1, -0.05) is 72.8 Å². The van der Waals surface area contributed by atoms with Gasteiger partial charge in [0.15, 0.2) is 5.82 Å². The Morgan fingerprint density at radius 3 is 1.88 bits per heavy atom. The van der Waals surface area contributed by atoms with Crippen LogP contribution in [0.1, 0.15) is 24.1 Å². The molecule has 5 aromatic rings. The third kappa shape index (κ3) is 3.77. The van der Waals surface area contributed by atoms with Crippen LogP contribution in [0, 0.1) is 0 Å². The SMILES string of the molecule is Nc1cc2c(n1-c1ccc(-c3cc(-c4ccccc4)nc(-c4ccccc4)n3)cc1)CCCC2. The van der Waals surface area contributed by atoms with Gasteiger partial charge < -0.3 is 10.3 Å². The number of nitrogens with two attached hydrogens (primary N) is 1. The molecule has 0 atom stereocenters. The van der Waals surface area contributed by atoms with Gasteiger partial charge in [0.1, 0.15) is 5.82 Å². The van der Waals surface area contributed by atoms with Crippen LogP contribution in [-0.2, 0) is 12.8 Å². The molecule has 0 amide bonds.